The van der Waals surface area contributed by atoms with Crippen molar-refractivity contribution in [2.75, 3.05) is 19.7 Å². The fourth-order valence-electron chi connectivity index (χ4n) is 2.83. The molecule has 1 aliphatic heterocycles. The van der Waals surface area contributed by atoms with Crippen molar-refractivity contribution in [1.29, 1.82) is 0 Å². The lowest BCUT2D eigenvalue weighted by molar-refractivity contribution is 0.333. The molecule has 5 heteroatoms. The standard InChI is InChI=1S/C17H27NO3S/c1-4-14(3)16-13-15(9-10-17(16)21-5-2)22(19,20)18-11-7-6-8-12-18/h9-10,13-14H,4-8,11-12H2,1-3H3. The van der Waals surface area contributed by atoms with Crippen molar-refractivity contribution in [1.82, 2.24) is 4.31 Å². The predicted molar refractivity (Wildman–Crippen MR) is 88.9 cm³/mol. The molecule has 4 nitrogen and oxygen atoms in total. The van der Waals surface area contributed by atoms with Gasteiger partial charge >= 0.3 is 0 Å². The first kappa shape index (κ1) is 17.3. The molecule has 0 saturated carbocycles. The quantitative estimate of drug-likeness (QED) is 0.800. The van der Waals surface area contributed by atoms with Gasteiger partial charge in [-0.15, -0.1) is 0 Å². The Bertz CT molecular complexity index is 592. The Morgan fingerprint density at radius 1 is 1.18 bits per heavy atom. The molecule has 1 saturated heterocycles. The van der Waals surface area contributed by atoms with Gasteiger partial charge in [0.05, 0.1) is 11.5 Å². The minimum Gasteiger partial charge on any atom is -0.494 e. The highest BCUT2D eigenvalue weighted by atomic mass is 32.2. The van der Waals surface area contributed by atoms with E-state index in [4.69, 9.17) is 4.74 Å². The number of ether oxygens (including phenoxy) is 1. The molecule has 1 atom stereocenters. The SMILES string of the molecule is CCOc1ccc(S(=O)(=O)N2CCCCC2)cc1C(C)CC. The van der Waals surface area contributed by atoms with E-state index in [0.29, 0.717) is 24.6 Å². The molecule has 0 spiro atoms. The van der Waals surface area contributed by atoms with Crippen molar-refractivity contribution in [3.63, 3.8) is 0 Å². The van der Waals surface area contributed by atoms with Gasteiger partial charge in [-0.1, -0.05) is 20.3 Å². The number of rotatable bonds is 6. The van der Waals surface area contributed by atoms with Crippen LogP contribution in [0.4, 0.5) is 0 Å². The summed E-state index contributed by atoms with van der Waals surface area (Å²) in [4.78, 5) is 0.396. The van der Waals surface area contributed by atoms with Gasteiger partial charge in [0.15, 0.2) is 0 Å². The van der Waals surface area contributed by atoms with Crippen molar-refractivity contribution >= 4 is 10.0 Å². The van der Waals surface area contributed by atoms with Gasteiger partial charge in [0.25, 0.3) is 0 Å². The summed E-state index contributed by atoms with van der Waals surface area (Å²) >= 11 is 0. The number of hydrogen-bond donors (Lipinski definition) is 0. The molecule has 0 N–H and O–H groups in total. The van der Waals surface area contributed by atoms with E-state index in [-0.39, 0.29) is 5.92 Å². The zero-order valence-electron chi connectivity index (χ0n) is 13.8. The second-order valence-electron chi connectivity index (χ2n) is 5.91. The lowest BCUT2D eigenvalue weighted by Crippen LogP contribution is -2.35. The third-order valence-electron chi connectivity index (χ3n) is 4.38. The first-order valence-corrected chi connectivity index (χ1v) is 9.71. The topological polar surface area (TPSA) is 46.6 Å². The van der Waals surface area contributed by atoms with E-state index < -0.39 is 10.0 Å². The molecule has 1 heterocycles. The van der Waals surface area contributed by atoms with E-state index in [1.807, 2.05) is 19.1 Å². The molecular formula is C17H27NO3S. The van der Waals surface area contributed by atoms with Crippen LogP contribution in [0.15, 0.2) is 23.1 Å². The number of piperidine rings is 1. The van der Waals surface area contributed by atoms with Crippen LogP contribution >= 0.6 is 0 Å². The van der Waals surface area contributed by atoms with Crippen LogP contribution < -0.4 is 4.74 Å². The van der Waals surface area contributed by atoms with E-state index in [1.165, 1.54) is 0 Å². The molecule has 2 rings (SSSR count). The molecule has 0 aliphatic carbocycles. The number of hydrogen-bond acceptors (Lipinski definition) is 3. The van der Waals surface area contributed by atoms with Crippen LogP contribution in [-0.4, -0.2) is 32.4 Å². The summed E-state index contributed by atoms with van der Waals surface area (Å²) in [7, 11) is -3.38. The summed E-state index contributed by atoms with van der Waals surface area (Å²) in [5, 5.41) is 0. The molecule has 1 aromatic rings. The summed E-state index contributed by atoms with van der Waals surface area (Å²) < 4.78 is 32.9. The summed E-state index contributed by atoms with van der Waals surface area (Å²) in [5.41, 5.74) is 0.988. The van der Waals surface area contributed by atoms with Gasteiger partial charge in [-0.25, -0.2) is 8.42 Å². The monoisotopic (exact) mass is 325 g/mol. The smallest absolute Gasteiger partial charge is 0.243 e. The van der Waals surface area contributed by atoms with Crippen LogP contribution in [0.1, 0.15) is 57.9 Å². The van der Waals surface area contributed by atoms with E-state index in [0.717, 1.165) is 37.0 Å². The van der Waals surface area contributed by atoms with E-state index in [9.17, 15) is 8.42 Å². The second kappa shape index (κ2) is 7.47. The highest BCUT2D eigenvalue weighted by molar-refractivity contribution is 7.89. The largest absolute Gasteiger partial charge is 0.494 e. The molecular weight excluding hydrogens is 298 g/mol. The predicted octanol–water partition coefficient (Wildman–Crippen LogP) is 3.77. The first-order chi connectivity index (χ1) is 10.5. The second-order valence-corrected chi connectivity index (χ2v) is 7.84. The Hall–Kier alpha value is -1.07. The fraction of sp³-hybridized carbons (Fsp3) is 0.647. The maximum Gasteiger partial charge on any atom is 0.243 e. The van der Waals surface area contributed by atoms with Crippen LogP contribution in [0.2, 0.25) is 0 Å². The van der Waals surface area contributed by atoms with Gasteiger partial charge < -0.3 is 4.74 Å². The van der Waals surface area contributed by atoms with Crippen molar-refractivity contribution < 1.29 is 13.2 Å². The lowest BCUT2D eigenvalue weighted by Gasteiger charge is -2.26. The minimum absolute atomic E-state index is 0.276. The molecule has 1 aliphatic rings. The van der Waals surface area contributed by atoms with Crippen molar-refractivity contribution in [2.45, 2.75) is 57.3 Å². The molecule has 1 aromatic carbocycles. The van der Waals surface area contributed by atoms with Crippen molar-refractivity contribution in [2.24, 2.45) is 0 Å². The van der Waals surface area contributed by atoms with Gasteiger partial charge in [-0.2, -0.15) is 4.31 Å². The first-order valence-electron chi connectivity index (χ1n) is 8.27. The number of nitrogens with zero attached hydrogens (tertiary/aromatic N) is 1. The van der Waals surface area contributed by atoms with Crippen LogP contribution in [0, 0.1) is 0 Å². The Morgan fingerprint density at radius 2 is 1.86 bits per heavy atom. The van der Waals surface area contributed by atoms with E-state index in [1.54, 1.807) is 10.4 Å². The summed E-state index contributed by atoms with van der Waals surface area (Å²) in [6, 6.07) is 5.30. The van der Waals surface area contributed by atoms with Gasteiger partial charge in [0.2, 0.25) is 10.0 Å². The Balaban J connectivity index is 2.38. The summed E-state index contributed by atoms with van der Waals surface area (Å²) in [5.74, 6) is 1.08. The average molecular weight is 325 g/mol. The third-order valence-corrected chi connectivity index (χ3v) is 6.27. The van der Waals surface area contributed by atoms with Gasteiger partial charge in [-0.05, 0) is 55.9 Å². The van der Waals surface area contributed by atoms with Crippen molar-refractivity contribution in [3.8, 4) is 5.75 Å². The average Bonchev–Trinajstić information content (AvgIpc) is 2.55. The highest BCUT2D eigenvalue weighted by Crippen LogP contribution is 2.32. The Morgan fingerprint density at radius 3 is 2.45 bits per heavy atom. The molecule has 1 fully saturated rings. The summed E-state index contributed by atoms with van der Waals surface area (Å²) in [6.45, 7) is 8.00. The normalized spacial score (nSPS) is 18.1. The molecule has 0 aromatic heterocycles. The minimum atomic E-state index is -3.38. The van der Waals surface area contributed by atoms with Gasteiger partial charge in [-0.3, -0.25) is 0 Å². The molecule has 1 unspecified atom stereocenters. The highest BCUT2D eigenvalue weighted by Gasteiger charge is 2.27. The maximum atomic E-state index is 12.8. The van der Waals surface area contributed by atoms with E-state index >= 15 is 0 Å². The molecule has 0 bridgehead atoms. The lowest BCUT2D eigenvalue weighted by atomic mass is 9.98. The maximum absolute atomic E-state index is 12.8. The third kappa shape index (κ3) is 3.63. The van der Waals surface area contributed by atoms with Gasteiger partial charge in [0.1, 0.15) is 5.75 Å². The van der Waals surface area contributed by atoms with E-state index in [2.05, 4.69) is 13.8 Å². The summed E-state index contributed by atoms with van der Waals surface area (Å²) in [6.07, 6.45) is 3.98. The number of benzene rings is 1. The van der Waals surface area contributed by atoms with Crippen LogP contribution in [0.5, 0.6) is 5.75 Å². The Labute approximate surface area is 134 Å². The zero-order chi connectivity index (χ0) is 16.2. The van der Waals surface area contributed by atoms with Gasteiger partial charge in [0, 0.05) is 13.1 Å². The van der Waals surface area contributed by atoms with Crippen LogP contribution in [0.3, 0.4) is 0 Å². The molecule has 124 valence electrons. The zero-order valence-corrected chi connectivity index (χ0v) is 14.7. The van der Waals surface area contributed by atoms with Crippen LogP contribution in [-0.2, 0) is 10.0 Å². The number of sulfonamides is 1. The molecule has 22 heavy (non-hydrogen) atoms. The molecule has 0 radical (unpaired) electrons. The Kier molecular flexibility index (Phi) is 5.87. The van der Waals surface area contributed by atoms with Crippen molar-refractivity contribution in [3.05, 3.63) is 23.8 Å². The van der Waals surface area contributed by atoms with Crippen LogP contribution in [0.25, 0.3) is 0 Å². The fourth-order valence-corrected chi connectivity index (χ4v) is 4.39. The molecule has 0 amide bonds.